The van der Waals surface area contributed by atoms with Gasteiger partial charge >= 0.3 is 0 Å². The van der Waals surface area contributed by atoms with E-state index >= 15 is 0 Å². The molecule has 0 atom stereocenters. The molecule has 0 unspecified atom stereocenters. The average molecular weight is 205 g/mol. The Morgan fingerprint density at radius 1 is 1.36 bits per heavy atom. The Morgan fingerprint density at radius 3 is 2.86 bits per heavy atom. The van der Waals surface area contributed by atoms with Gasteiger partial charge in [0.2, 0.25) is 0 Å². The van der Waals surface area contributed by atoms with Crippen LogP contribution in [0.3, 0.4) is 0 Å². The Balaban J connectivity index is 2.53. The maximum absolute atomic E-state index is 4.29. The van der Waals surface area contributed by atoms with Crippen molar-refractivity contribution in [2.75, 3.05) is 0 Å². The lowest BCUT2D eigenvalue weighted by molar-refractivity contribution is 0.507. The third-order valence-electron chi connectivity index (χ3n) is 3.00. The van der Waals surface area contributed by atoms with Crippen LogP contribution in [0.15, 0.2) is 23.7 Å². The molecule has 1 aromatic carbocycles. The van der Waals surface area contributed by atoms with E-state index < -0.39 is 0 Å². The largest absolute Gasteiger partial charge is 0.245 e. The first-order valence-electron chi connectivity index (χ1n) is 4.97. The lowest BCUT2D eigenvalue weighted by Gasteiger charge is -2.23. The lowest BCUT2D eigenvalue weighted by Crippen LogP contribution is -2.14. The molecule has 0 amide bonds. The zero-order valence-electron chi connectivity index (χ0n) is 8.87. The van der Waals surface area contributed by atoms with Gasteiger partial charge in [0.15, 0.2) is 0 Å². The molecule has 0 bridgehead atoms. The molecule has 2 rings (SSSR count). The number of fused-ring (bicyclic) bond motifs is 1. The minimum atomic E-state index is 0.276. The zero-order valence-corrected chi connectivity index (χ0v) is 9.69. The Labute approximate surface area is 88.8 Å². The Bertz CT molecular complexity index is 442. The van der Waals surface area contributed by atoms with Gasteiger partial charge in [0.25, 0.3) is 0 Å². The van der Waals surface area contributed by atoms with Crippen LogP contribution in [0.5, 0.6) is 0 Å². The Morgan fingerprint density at radius 2 is 2.14 bits per heavy atom. The van der Waals surface area contributed by atoms with Gasteiger partial charge in [-0.2, -0.15) is 0 Å². The van der Waals surface area contributed by atoms with E-state index in [0.29, 0.717) is 0 Å². The van der Waals surface area contributed by atoms with Gasteiger partial charge < -0.3 is 0 Å². The van der Waals surface area contributed by atoms with Gasteiger partial charge in [-0.15, -0.1) is 11.3 Å². The maximum Gasteiger partial charge on any atom is 0.0812 e. The van der Waals surface area contributed by atoms with E-state index in [1.807, 2.05) is 5.51 Å². The van der Waals surface area contributed by atoms with Gasteiger partial charge in [0.1, 0.15) is 0 Å². The van der Waals surface area contributed by atoms with Gasteiger partial charge in [0.05, 0.1) is 15.7 Å². The van der Waals surface area contributed by atoms with Gasteiger partial charge in [-0.3, -0.25) is 0 Å². The fraction of sp³-hybridized carbons (Fsp3) is 0.417. The van der Waals surface area contributed by atoms with Gasteiger partial charge in [-0.05, 0) is 29.5 Å². The van der Waals surface area contributed by atoms with Crippen LogP contribution in [0.25, 0.3) is 10.2 Å². The summed E-state index contributed by atoms with van der Waals surface area (Å²) >= 11 is 1.72. The van der Waals surface area contributed by atoms with Crippen molar-refractivity contribution in [1.29, 1.82) is 0 Å². The fourth-order valence-electron chi connectivity index (χ4n) is 1.48. The molecule has 1 heterocycles. The molecular weight excluding hydrogens is 190 g/mol. The zero-order chi connectivity index (χ0) is 10.2. The molecule has 0 radical (unpaired) electrons. The van der Waals surface area contributed by atoms with Crippen molar-refractivity contribution >= 4 is 21.6 Å². The molecule has 74 valence electrons. The van der Waals surface area contributed by atoms with Crippen molar-refractivity contribution < 1.29 is 0 Å². The third-order valence-corrected chi connectivity index (χ3v) is 3.79. The van der Waals surface area contributed by atoms with Gasteiger partial charge in [-0.25, -0.2) is 4.98 Å². The number of aromatic nitrogens is 1. The van der Waals surface area contributed by atoms with E-state index in [1.54, 1.807) is 11.3 Å². The standard InChI is InChI=1S/C12H15NS/c1-4-12(2,3)9-5-6-10-11(7-9)14-8-13-10/h5-8H,4H2,1-3H3. The van der Waals surface area contributed by atoms with Crippen LogP contribution in [0.4, 0.5) is 0 Å². The molecule has 0 aliphatic carbocycles. The van der Waals surface area contributed by atoms with Crippen molar-refractivity contribution in [2.24, 2.45) is 0 Å². The Hall–Kier alpha value is -0.890. The second-order valence-corrected chi connectivity index (χ2v) is 5.16. The summed E-state index contributed by atoms with van der Waals surface area (Å²) in [5, 5.41) is 0. The molecule has 0 spiro atoms. The fourth-order valence-corrected chi connectivity index (χ4v) is 2.20. The predicted octanol–water partition coefficient (Wildman–Crippen LogP) is 3.98. The van der Waals surface area contributed by atoms with Crippen LogP contribution in [0.2, 0.25) is 0 Å². The van der Waals surface area contributed by atoms with Crippen molar-refractivity contribution in [1.82, 2.24) is 4.98 Å². The van der Waals surface area contributed by atoms with Crippen LogP contribution in [0, 0.1) is 0 Å². The molecule has 2 heteroatoms. The van der Waals surface area contributed by atoms with E-state index in [0.717, 1.165) is 11.9 Å². The molecule has 0 saturated carbocycles. The molecule has 2 aromatic rings. The summed E-state index contributed by atoms with van der Waals surface area (Å²) in [5.74, 6) is 0. The summed E-state index contributed by atoms with van der Waals surface area (Å²) in [6, 6.07) is 6.60. The van der Waals surface area contributed by atoms with Crippen molar-refractivity contribution in [3.8, 4) is 0 Å². The minimum Gasteiger partial charge on any atom is -0.245 e. The van der Waals surface area contributed by atoms with Crippen molar-refractivity contribution in [2.45, 2.75) is 32.6 Å². The second kappa shape index (κ2) is 3.35. The normalized spacial score (nSPS) is 12.2. The van der Waals surface area contributed by atoms with Crippen LogP contribution in [-0.2, 0) is 5.41 Å². The summed E-state index contributed by atoms with van der Waals surface area (Å²) in [4.78, 5) is 4.29. The van der Waals surface area contributed by atoms with E-state index in [4.69, 9.17) is 0 Å². The molecule has 0 aliphatic heterocycles. The van der Waals surface area contributed by atoms with Crippen LogP contribution < -0.4 is 0 Å². The topological polar surface area (TPSA) is 12.9 Å². The first-order valence-corrected chi connectivity index (χ1v) is 5.85. The van der Waals surface area contributed by atoms with Gasteiger partial charge in [0, 0.05) is 0 Å². The highest BCUT2D eigenvalue weighted by molar-refractivity contribution is 7.16. The Kier molecular flexibility index (Phi) is 2.31. The first kappa shape index (κ1) is 9.66. The molecule has 0 fully saturated rings. The summed E-state index contributed by atoms with van der Waals surface area (Å²) in [7, 11) is 0. The lowest BCUT2D eigenvalue weighted by atomic mass is 9.82. The smallest absolute Gasteiger partial charge is 0.0812 e. The van der Waals surface area contributed by atoms with E-state index in [-0.39, 0.29) is 5.41 Å². The van der Waals surface area contributed by atoms with E-state index in [2.05, 4.69) is 44.0 Å². The van der Waals surface area contributed by atoms with E-state index in [9.17, 15) is 0 Å². The van der Waals surface area contributed by atoms with Crippen molar-refractivity contribution in [3.63, 3.8) is 0 Å². The summed E-state index contributed by atoms with van der Waals surface area (Å²) in [6.45, 7) is 6.81. The summed E-state index contributed by atoms with van der Waals surface area (Å²) in [5.41, 5.74) is 4.72. The highest BCUT2D eigenvalue weighted by Gasteiger charge is 2.18. The number of nitrogens with zero attached hydrogens (tertiary/aromatic N) is 1. The highest BCUT2D eigenvalue weighted by Crippen LogP contribution is 2.30. The van der Waals surface area contributed by atoms with Gasteiger partial charge in [-0.1, -0.05) is 26.8 Å². The summed E-state index contributed by atoms with van der Waals surface area (Å²) in [6.07, 6.45) is 1.16. The predicted molar refractivity (Wildman–Crippen MR) is 62.9 cm³/mol. The number of hydrogen-bond acceptors (Lipinski definition) is 2. The highest BCUT2D eigenvalue weighted by atomic mass is 32.1. The average Bonchev–Trinajstić information content (AvgIpc) is 2.64. The van der Waals surface area contributed by atoms with Crippen LogP contribution in [-0.4, -0.2) is 4.98 Å². The molecule has 0 N–H and O–H groups in total. The first-order chi connectivity index (χ1) is 6.63. The second-order valence-electron chi connectivity index (χ2n) is 4.27. The molecule has 0 aliphatic rings. The third kappa shape index (κ3) is 1.55. The molecule has 0 saturated heterocycles. The molecular formula is C12H15NS. The molecule has 14 heavy (non-hydrogen) atoms. The minimum absolute atomic E-state index is 0.276. The molecule has 1 nitrogen and oxygen atoms in total. The van der Waals surface area contributed by atoms with Crippen LogP contribution >= 0.6 is 11.3 Å². The maximum atomic E-state index is 4.29. The monoisotopic (exact) mass is 205 g/mol. The number of thiazole rings is 1. The number of hydrogen-bond donors (Lipinski definition) is 0. The SMILES string of the molecule is CCC(C)(C)c1ccc2ncsc2c1. The van der Waals surface area contributed by atoms with Crippen molar-refractivity contribution in [3.05, 3.63) is 29.3 Å². The van der Waals surface area contributed by atoms with E-state index in [1.165, 1.54) is 10.3 Å². The quantitative estimate of drug-likeness (QED) is 0.722. The van der Waals surface area contributed by atoms with Crippen LogP contribution in [0.1, 0.15) is 32.8 Å². The summed E-state index contributed by atoms with van der Waals surface area (Å²) < 4.78 is 1.30. The number of rotatable bonds is 2. The number of benzene rings is 1. The molecule has 1 aromatic heterocycles.